The molecule has 1 aromatic heterocycles. The summed E-state index contributed by atoms with van der Waals surface area (Å²) in [7, 11) is 3.60. The first-order valence-electron chi connectivity index (χ1n) is 6.47. The molecule has 1 saturated heterocycles. The zero-order valence-corrected chi connectivity index (χ0v) is 11.1. The van der Waals surface area contributed by atoms with Crippen LogP contribution in [0.15, 0.2) is 24.5 Å². The molecular weight excluding hydrogens is 228 g/mol. The van der Waals surface area contributed by atoms with Gasteiger partial charge in [0.1, 0.15) is 6.04 Å². The summed E-state index contributed by atoms with van der Waals surface area (Å²) in [6.45, 7) is 1.46. The molecule has 0 bridgehead atoms. The molecule has 0 aliphatic carbocycles. The van der Waals surface area contributed by atoms with Crippen molar-refractivity contribution in [1.82, 2.24) is 4.98 Å². The second-order valence-electron chi connectivity index (χ2n) is 5.24. The third kappa shape index (κ3) is 2.70. The molecule has 0 saturated carbocycles. The second-order valence-corrected chi connectivity index (χ2v) is 5.24. The minimum absolute atomic E-state index is 0.131. The van der Waals surface area contributed by atoms with Crippen LogP contribution < -0.4 is 0 Å². The van der Waals surface area contributed by atoms with E-state index in [1.165, 1.54) is 25.5 Å². The van der Waals surface area contributed by atoms with Gasteiger partial charge in [-0.15, -0.1) is 0 Å². The summed E-state index contributed by atoms with van der Waals surface area (Å²) in [4.78, 5) is 15.8. The van der Waals surface area contributed by atoms with Crippen molar-refractivity contribution in [3.63, 3.8) is 0 Å². The van der Waals surface area contributed by atoms with Gasteiger partial charge in [-0.2, -0.15) is 0 Å². The Morgan fingerprint density at radius 1 is 1.56 bits per heavy atom. The van der Waals surface area contributed by atoms with E-state index in [2.05, 4.69) is 18.1 Å². The molecule has 1 fully saturated rings. The average Bonchev–Trinajstić information content (AvgIpc) is 2.39. The van der Waals surface area contributed by atoms with Gasteiger partial charge in [-0.1, -0.05) is 6.07 Å². The van der Waals surface area contributed by atoms with E-state index in [0.29, 0.717) is 12.6 Å². The highest BCUT2D eigenvalue weighted by molar-refractivity contribution is 5.70. The van der Waals surface area contributed by atoms with Gasteiger partial charge < -0.3 is 9.22 Å². The Morgan fingerprint density at radius 3 is 3.06 bits per heavy atom. The van der Waals surface area contributed by atoms with Crippen LogP contribution in [0.1, 0.15) is 30.9 Å². The maximum atomic E-state index is 11.6. The Balaban J connectivity index is 2.22. The Hall–Kier alpha value is -1.42. The molecular formula is C14H21N2O2+. The highest BCUT2D eigenvalue weighted by Gasteiger charge is 2.38. The molecule has 18 heavy (non-hydrogen) atoms. The molecule has 0 radical (unpaired) electrons. The molecule has 0 unspecified atom stereocenters. The molecule has 0 spiro atoms. The van der Waals surface area contributed by atoms with Crippen molar-refractivity contribution in [1.29, 1.82) is 0 Å². The van der Waals surface area contributed by atoms with Crippen molar-refractivity contribution >= 4 is 5.97 Å². The summed E-state index contributed by atoms with van der Waals surface area (Å²) in [5.74, 6) is -0.131. The molecule has 98 valence electrons. The van der Waals surface area contributed by atoms with Gasteiger partial charge in [0.25, 0.3) is 0 Å². The molecule has 2 rings (SSSR count). The molecule has 0 aromatic carbocycles. The van der Waals surface area contributed by atoms with Crippen LogP contribution in [-0.2, 0) is 9.53 Å². The first kappa shape index (κ1) is 13.0. The highest BCUT2D eigenvalue weighted by atomic mass is 16.5. The first-order valence-corrected chi connectivity index (χ1v) is 6.47. The molecule has 2 atom stereocenters. The summed E-state index contributed by atoms with van der Waals surface area (Å²) in [6, 6.07) is 4.43. The SMILES string of the molecule is COC(=O)C[N@@+]1(C)CCCC[C@H]1c1cccnc1. The van der Waals surface area contributed by atoms with Gasteiger partial charge in [0, 0.05) is 24.4 Å². The van der Waals surface area contributed by atoms with Crippen LogP contribution in [0.5, 0.6) is 0 Å². The van der Waals surface area contributed by atoms with E-state index in [9.17, 15) is 4.79 Å². The minimum atomic E-state index is -0.131. The second kappa shape index (κ2) is 5.48. The maximum absolute atomic E-state index is 11.6. The highest BCUT2D eigenvalue weighted by Crippen LogP contribution is 2.35. The van der Waals surface area contributed by atoms with Crippen molar-refractivity contribution in [3.05, 3.63) is 30.1 Å². The number of carbonyl (C=O) groups excluding carboxylic acids is 1. The standard InChI is InChI=1S/C14H21N2O2/c1-16(11-14(17)18-2)9-4-3-7-13(16)12-6-5-8-15-10-12/h5-6,8,10,13H,3-4,7,9,11H2,1-2H3/q+1/t13-,16+/m0/s1. The number of aromatic nitrogens is 1. The van der Waals surface area contributed by atoms with E-state index in [1.807, 2.05) is 12.3 Å². The fourth-order valence-electron chi connectivity index (χ4n) is 2.93. The summed E-state index contributed by atoms with van der Waals surface area (Å²) in [5, 5.41) is 0. The Bertz CT molecular complexity index is 408. The number of likely N-dealkylation sites (N-methyl/N-ethyl adjacent to an activating group) is 1. The van der Waals surface area contributed by atoms with Gasteiger partial charge in [-0.25, -0.2) is 4.79 Å². The van der Waals surface area contributed by atoms with Crippen LogP contribution in [0.2, 0.25) is 0 Å². The third-order valence-corrected chi connectivity index (χ3v) is 3.94. The van der Waals surface area contributed by atoms with E-state index in [0.717, 1.165) is 17.4 Å². The van der Waals surface area contributed by atoms with Crippen LogP contribution in [0.25, 0.3) is 0 Å². The van der Waals surface area contributed by atoms with E-state index in [1.54, 1.807) is 6.20 Å². The van der Waals surface area contributed by atoms with E-state index in [4.69, 9.17) is 4.74 Å². The lowest BCUT2D eigenvalue weighted by Gasteiger charge is -2.44. The topological polar surface area (TPSA) is 39.2 Å². The van der Waals surface area contributed by atoms with Crippen LogP contribution in [0.4, 0.5) is 0 Å². The zero-order chi connectivity index (χ0) is 13.0. The largest absolute Gasteiger partial charge is 0.465 e. The number of hydrogen-bond acceptors (Lipinski definition) is 3. The number of ether oxygens (including phenoxy) is 1. The molecule has 1 aliphatic heterocycles. The van der Waals surface area contributed by atoms with Crippen molar-refractivity contribution in [2.24, 2.45) is 0 Å². The lowest BCUT2D eigenvalue weighted by Crippen LogP contribution is -2.53. The van der Waals surface area contributed by atoms with Crippen molar-refractivity contribution in [2.45, 2.75) is 25.3 Å². The van der Waals surface area contributed by atoms with Crippen LogP contribution in [0.3, 0.4) is 0 Å². The third-order valence-electron chi connectivity index (χ3n) is 3.94. The van der Waals surface area contributed by atoms with Gasteiger partial charge in [-0.3, -0.25) is 4.98 Å². The quantitative estimate of drug-likeness (QED) is 0.607. The van der Waals surface area contributed by atoms with E-state index < -0.39 is 0 Å². The summed E-state index contributed by atoms with van der Waals surface area (Å²) in [6.07, 6.45) is 7.21. The van der Waals surface area contributed by atoms with Crippen LogP contribution in [0, 0.1) is 0 Å². The van der Waals surface area contributed by atoms with Crippen molar-refractivity contribution < 1.29 is 14.0 Å². The number of carbonyl (C=O) groups is 1. The Labute approximate surface area is 108 Å². The van der Waals surface area contributed by atoms with Crippen LogP contribution in [-0.4, -0.2) is 42.7 Å². The minimum Gasteiger partial charge on any atom is -0.465 e. The molecule has 1 aromatic rings. The fraction of sp³-hybridized carbons (Fsp3) is 0.571. The maximum Gasteiger partial charge on any atom is 0.361 e. The van der Waals surface area contributed by atoms with Crippen LogP contribution >= 0.6 is 0 Å². The predicted molar refractivity (Wildman–Crippen MR) is 68.8 cm³/mol. The number of hydrogen-bond donors (Lipinski definition) is 0. The van der Waals surface area contributed by atoms with Gasteiger partial charge in [0.05, 0.1) is 20.7 Å². The lowest BCUT2D eigenvalue weighted by molar-refractivity contribution is -0.937. The smallest absolute Gasteiger partial charge is 0.361 e. The Kier molecular flexibility index (Phi) is 3.97. The number of rotatable bonds is 3. The monoisotopic (exact) mass is 249 g/mol. The van der Waals surface area contributed by atoms with Crippen molar-refractivity contribution in [3.8, 4) is 0 Å². The lowest BCUT2D eigenvalue weighted by atomic mass is 9.94. The summed E-state index contributed by atoms with van der Waals surface area (Å²) < 4.78 is 5.57. The fourth-order valence-corrected chi connectivity index (χ4v) is 2.93. The van der Waals surface area contributed by atoms with Gasteiger partial charge in [0.15, 0.2) is 6.54 Å². The molecule has 4 heteroatoms. The number of quaternary nitrogens is 1. The molecule has 2 heterocycles. The van der Waals surface area contributed by atoms with E-state index in [-0.39, 0.29) is 5.97 Å². The predicted octanol–water partition coefficient (Wildman–Crippen LogP) is 1.93. The molecule has 0 N–H and O–H groups in total. The number of esters is 1. The number of piperidine rings is 1. The van der Waals surface area contributed by atoms with E-state index >= 15 is 0 Å². The number of pyridine rings is 1. The number of likely N-dealkylation sites (tertiary alicyclic amines) is 1. The Morgan fingerprint density at radius 2 is 2.39 bits per heavy atom. The number of methoxy groups -OCH3 is 1. The van der Waals surface area contributed by atoms with Crippen molar-refractivity contribution in [2.75, 3.05) is 27.2 Å². The average molecular weight is 249 g/mol. The molecule has 1 aliphatic rings. The molecule has 4 nitrogen and oxygen atoms in total. The summed E-state index contributed by atoms with van der Waals surface area (Å²) in [5.41, 5.74) is 1.23. The first-order chi connectivity index (χ1) is 8.65. The normalized spacial score (nSPS) is 27.8. The number of nitrogens with zero attached hydrogens (tertiary/aromatic N) is 2. The van der Waals surface area contributed by atoms with Gasteiger partial charge in [-0.05, 0) is 18.9 Å². The molecule has 0 amide bonds. The van der Waals surface area contributed by atoms with Gasteiger partial charge in [0.2, 0.25) is 0 Å². The summed E-state index contributed by atoms with van der Waals surface area (Å²) >= 11 is 0. The zero-order valence-electron chi connectivity index (χ0n) is 11.1. The van der Waals surface area contributed by atoms with Gasteiger partial charge >= 0.3 is 5.97 Å².